The number of hydrogen-bond acceptors (Lipinski definition) is 5. The third kappa shape index (κ3) is 3.13. The number of aromatic amines is 1. The van der Waals surface area contributed by atoms with Crippen molar-refractivity contribution in [3.05, 3.63) is 52.1 Å². The van der Waals surface area contributed by atoms with Gasteiger partial charge in [0.2, 0.25) is 5.88 Å². The van der Waals surface area contributed by atoms with Crippen LogP contribution in [0.25, 0.3) is 0 Å². The van der Waals surface area contributed by atoms with Gasteiger partial charge in [0.1, 0.15) is 5.56 Å². The maximum Gasteiger partial charge on any atom is 0.421 e. The molecule has 0 aromatic carbocycles. The second-order valence-corrected chi connectivity index (χ2v) is 7.68. The summed E-state index contributed by atoms with van der Waals surface area (Å²) in [6.45, 7) is 1.21. The molecule has 2 fully saturated rings. The van der Waals surface area contributed by atoms with E-state index < -0.39 is 23.7 Å². The lowest BCUT2D eigenvalue weighted by atomic mass is 9.56. The van der Waals surface area contributed by atoms with Crippen LogP contribution in [0.3, 0.4) is 0 Å². The van der Waals surface area contributed by atoms with Crippen molar-refractivity contribution in [2.75, 3.05) is 25.1 Å². The van der Waals surface area contributed by atoms with Gasteiger partial charge in [0.05, 0.1) is 25.1 Å². The Morgan fingerprint density at radius 2 is 2.11 bits per heavy atom. The molecule has 2 N–H and O–H groups in total. The Balaban J connectivity index is 1.41. The molecule has 2 aromatic rings. The summed E-state index contributed by atoms with van der Waals surface area (Å²) in [5.41, 5.74) is -0.356. The average Bonchev–Trinajstić information content (AvgIpc) is 2.58. The van der Waals surface area contributed by atoms with Crippen LogP contribution in [0.5, 0.6) is 5.88 Å². The third-order valence-corrected chi connectivity index (χ3v) is 5.76. The normalized spacial score (nSPS) is 19.8. The highest BCUT2D eigenvalue weighted by Gasteiger charge is 2.54. The zero-order valence-electron chi connectivity index (χ0n) is 15.2. The standard InChI is InChI=1S/C19H20F3N3O3/c1-28-17-14(19(20,21)22)4-12(7-24-17)25-9-18(10-25)5-11(6-18)16(27)13-8-23-3-2-15(13)26/h2-4,7-8,11,16,27H,5-6,9-10H2,1H3,(H,23,26). The molecule has 0 amide bonds. The molecule has 4 rings (SSSR count). The van der Waals surface area contributed by atoms with E-state index in [1.54, 1.807) is 0 Å². The van der Waals surface area contributed by atoms with Gasteiger partial charge in [-0.15, -0.1) is 0 Å². The van der Waals surface area contributed by atoms with Crippen LogP contribution < -0.4 is 15.1 Å². The van der Waals surface area contributed by atoms with Crippen molar-refractivity contribution >= 4 is 5.69 Å². The van der Waals surface area contributed by atoms with Crippen LogP contribution in [0.1, 0.15) is 30.1 Å². The summed E-state index contributed by atoms with van der Waals surface area (Å²) < 4.78 is 44.2. The number of alkyl halides is 3. The predicted molar refractivity (Wildman–Crippen MR) is 95.2 cm³/mol. The largest absolute Gasteiger partial charge is 0.481 e. The Morgan fingerprint density at radius 1 is 1.39 bits per heavy atom. The minimum Gasteiger partial charge on any atom is -0.481 e. The first kappa shape index (κ1) is 18.8. The summed E-state index contributed by atoms with van der Waals surface area (Å²) in [6.07, 6.45) is 0.517. The number of halogens is 3. The van der Waals surface area contributed by atoms with Crippen molar-refractivity contribution in [1.82, 2.24) is 9.97 Å². The third-order valence-electron chi connectivity index (χ3n) is 5.76. The van der Waals surface area contributed by atoms with E-state index in [1.807, 2.05) is 4.90 Å². The van der Waals surface area contributed by atoms with Gasteiger partial charge in [0, 0.05) is 42.5 Å². The maximum atomic E-state index is 13.2. The van der Waals surface area contributed by atoms with Crippen LogP contribution in [0.4, 0.5) is 18.9 Å². The Hall–Kier alpha value is -2.55. The lowest BCUT2D eigenvalue weighted by Crippen LogP contribution is -2.63. The smallest absolute Gasteiger partial charge is 0.421 e. The first-order chi connectivity index (χ1) is 13.2. The van der Waals surface area contributed by atoms with Crippen LogP contribution in [0.15, 0.2) is 35.5 Å². The topological polar surface area (TPSA) is 78.5 Å². The molecule has 1 atom stereocenters. The fourth-order valence-electron chi connectivity index (χ4n) is 4.37. The zero-order chi connectivity index (χ0) is 20.1. The van der Waals surface area contributed by atoms with E-state index in [2.05, 4.69) is 9.97 Å². The number of aliphatic hydroxyl groups is 1. The fourth-order valence-corrected chi connectivity index (χ4v) is 4.37. The zero-order valence-corrected chi connectivity index (χ0v) is 15.2. The van der Waals surface area contributed by atoms with Crippen molar-refractivity contribution in [2.24, 2.45) is 11.3 Å². The Morgan fingerprint density at radius 3 is 2.71 bits per heavy atom. The molecule has 1 saturated heterocycles. The summed E-state index contributed by atoms with van der Waals surface area (Å²) >= 11 is 0. The van der Waals surface area contributed by atoms with Gasteiger partial charge in [-0.1, -0.05) is 0 Å². The van der Waals surface area contributed by atoms with Crippen LogP contribution in [-0.2, 0) is 6.18 Å². The summed E-state index contributed by atoms with van der Waals surface area (Å²) in [6, 6.07) is 2.44. The van der Waals surface area contributed by atoms with Gasteiger partial charge in [-0.2, -0.15) is 13.2 Å². The predicted octanol–water partition coefficient (Wildman–Crippen LogP) is 2.75. The molecule has 1 unspecified atom stereocenters. The molecule has 28 heavy (non-hydrogen) atoms. The highest BCUT2D eigenvalue weighted by Crippen LogP contribution is 2.56. The Bertz CT molecular complexity index is 930. The molecule has 6 nitrogen and oxygen atoms in total. The Kier molecular flexibility index (Phi) is 4.37. The molecular formula is C19H20F3N3O3. The monoisotopic (exact) mass is 395 g/mol. The lowest BCUT2D eigenvalue weighted by Gasteiger charge is -2.60. The molecule has 2 aromatic heterocycles. The molecule has 2 aliphatic rings. The highest BCUT2D eigenvalue weighted by atomic mass is 19.4. The second kappa shape index (κ2) is 6.51. The summed E-state index contributed by atoms with van der Waals surface area (Å²) in [7, 11) is 1.16. The van der Waals surface area contributed by atoms with Crippen molar-refractivity contribution in [2.45, 2.75) is 25.1 Å². The number of rotatable bonds is 4. The van der Waals surface area contributed by atoms with Gasteiger partial charge in [-0.25, -0.2) is 4.98 Å². The first-order valence-corrected chi connectivity index (χ1v) is 8.94. The summed E-state index contributed by atoms with van der Waals surface area (Å²) in [5.74, 6) is -0.461. The van der Waals surface area contributed by atoms with Gasteiger partial charge >= 0.3 is 6.18 Å². The number of methoxy groups -OCH3 is 1. The van der Waals surface area contributed by atoms with Crippen molar-refractivity contribution in [1.29, 1.82) is 0 Å². The molecule has 1 aliphatic heterocycles. The number of anilines is 1. The molecule has 9 heteroatoms. The van der Waals surface area contributed by atoms with Crippen molar-refractivity contribution in [3.63, 3.8) is 0 Å². The highest BCUT2D eigenvalue weighted by molar-refractivity contribution is 5.53. The molecule has 1 spiro atoms. The molecule has 150 valence electrons. The molecule has 0 radical (unpaired) electrons. The molecule has 1 saturated carbocycles. The van der Waals surface area contributed by atoms with E-state index in [0.717, 1.165) is 26.0 Å². The number of hydrogen-bond donors (Lipinski definition) is 2. The fraction of sp³-hybridized carbons (Fsp3) is 0.474. The average molecular weight is 395 g/mol. The van der Waals surface area contributed by atoms with E-state index >= 15 is 0 Å². The van der Waals surface area contributed by atoms with Gasteiger partial charge in [0.25, 0.3) is 0 Å². The quantitative estimate of drug-likeness (QED) is 0.832. The van der Waals surface area contributed by atoms with E-state index in [4.69, 9.17) is 4.74 Å². The summed E-state index contributed by atoms with van der Waals surface area (Å²) in [4.78, 5) is 20.3. The van der Waals surface area contributed by atoms with E-state index in [1.165, 1.54) is 24.7 Å². The number of aliphatic hydroxyl groups excluding tert-OH is 1. The molecule has 0 bridgehead atoms. The van der Waals surface area contributed by atoms with Gasteiger partial charge in [0.15, 0.2) is 5.43 Å². The number of ether oxygens (including phenoxy) is 1. The lowest BCUT2D eigenvalue weighted by molar-refractivity contribution is -0.139. The number of nitrogens with zero attached hydrogens (tertiary/aromatic N) is 2. The Labute approximate surface area is 159 Å². The molecule has 1 aliphatic carbocycles. The second-order valence-electron chi connectivity index (χ2n) is 7.68. The van der Waals surface area contributed by atoms with Crippen molar-refractivity contribution in [3.8, 4) is 5.88 Å². The first-order valence-electron chi connectivity index (χ1n) is 8.94. The number of H-pyrrole nitrogens is 1. The number of aromatic nitrogens is 2. The molecular weight excluding hydrogens is 375 g/mol. The van der Waals surface area contributed by atoms with Crippen LogP contribution in [0, 0.1) is 11.3 Å². The minimum absolute atomic E-state index is 0.0223. The van der Waals surface area contributed by atoms with Crippen LogP contribution >= 0.6 is 0 Å². The minimum atomic E-state index is -4.54. The SMILES string of the molecule is COc1ncc(N2CC3(CC(C(O)c4c[nH]ccc4=O)C3)C2)cc1C(F)(F)F. The van der Waals surface area contributed by atoms with Gasteiger partial charge in [-0.3, -0.25) is 4.79 Å². The van der Waals surface area contributed by atoms with Gasteiger partial charge < -0.3 is 19.7 Å². The molecule has 3 heterocycles. The maximum absolute atomic E-state index is 13.2. The van der Waals surface area contributed by atoms with Crippen LogP contribution in [-0.4, -0.2) is 35.3 Å². The van der Waals surface area contributed by atoms with E-state index in [0.29, 0.717) is 24.3 Å². The van der Waals surface area contributed by atoms with Crippen LogP contribution in [0.2, 0.25) is 0 Å². The van der Waals surface area contributed by atoms with E-state index in [-0.39, 0.29) is 16.8 Å². The van der Waals surface area contributed by atoms with E-state index in [9.17, 15) is 23.1 Å². The number of nitrogens with one attached hydrogen (secondary N) is 1. The van der Waals surface area contributed by atoms with Gasteiger partial charge in [-0.05, 0) is 24.8 Å². The summed E-state index contributed by atoms with van der Waals surface area (Å²) in [5, 5.41) is 10.5. The number of pyridine rings is 2. The van der Waals surface area contributed by atoms with Crippen molar-refractivity contribution < 1.29 is 23.0 Å².